The van der Waals surface area contributed by atoms with Gasteiger partial charge in [-0.15, -0.1) is 0 Å². The van der Waals surface area contributed by atoms with Gasteiger partial charge in [-0.2, -0.15) is 0 Å². The summed E-state index contributed by atoms with van der Waals surface area (Å²) in [6.07, 6.45) is 7.36. The lowest BCUT2D eigenvalue weighted by atomic mass is 9.52. The second kappa shape index (κ2) is 4.52. The Kier molecular flexibility index (Phi) is 2.65. The standard InChI is InChI=1S/C22H27NO/c1-13-2-5-15-9-19-21-17-10-16(17)20(24)11-22(21,18(15)8-13)6-7-23(19)12-14-3-4-14/h2,5,8,14,16-17,19,21H,3-4,6-7,9-12H2,1H3/t16?,17?,19-,21?,22-/m1/s1. The predicted octanol–water partition coefficient (Wildman–Crippen LogP) is 3.50. The van der Waals surface area contributed by atoms with E-state index in [9.17, 15) is 4.79 Å². The number of Topliss-reactive ketones (excluding diaryl/α,β-unsaturated/α-hetero) is 1. The SMILES string of the molecule is Cc1ccc2c(c1)[C@]13CCN(CC4CC4)[C@H](C2)C1C1CC1C(=O)C3. The van der Waals surface area contributed by atoms with E-state index in [-0.39, 0.29) is 5.41 Å². The zero-order chi connectivity index (χ0) is 16.1. The van der Waals surface area contributed by atoms with E-state index in [1.807, 2.05) is 0 Å². The van der Waals surface area contributed by atoms with Crippen molar-refractivity contribution in [3.8, 4) is 0 Å². The molecule has 1 saturated heterocycles. The molecular formula is C22H27NO. The van der Waals surface area contributed by atoms with Gasteiger partial charge in [0.25, 0.3) is 0 Å². The molecule has 1 aromatic carbocycles. The third kappa shape index (κ3) is 1.78. The highest BCUT2D eigenvalue weighted by atomic mass is 16.1. The fraction of sp³-hybridized carbons (Fsp3) is 0.682. The number of hydrogen-bond acceptors (Lipinski definition) is 2. The van der Waals surface area contributed by atoms with Crippen molar-refractivity contribution in [2.75, 3.05) is 13.1 Å². The molecule has 4 fully saturated rings. The number of piperidine rings is 1. The van der Waals surface area contributed by atoms with E-state index in [0.29, 0.717) is 23.7 Å². The lowest BCUT2D eigenvalue weighted by Gasteiger charge is -2.59. The Morgan fingerprint density at radius 1 is 1.29 bits per heavy atom. The lowest BCUT2D eigenvalue weighted by molar-refractivity contribution is -0.128. The normalized spacial score (nSPS) is 43.0. The first-order valence-electron chi connectivity index (χ1n) is 10.0. The Balaban J connectivity index is 1.49. The van der Waals surface area contributed by atoms with Crippen molar-refractivity contribution < 1.29 is 4.79 Å². The molecule has 5 aliphatic rings. The molecule has 0 amide bonds. The predicted molar refractivity (Wildman–Crippen MR) is 94.0 cm³/mol. The van der Waals surface area contributed by atoms with Gasteiger partial charge in [0.2, 0.25) is 0 Å². The monoisotopic (exact) mass is 321 g/mol. The van der Waals surface area contributed by atoms with Gasteiger partial charge in [-0.1, -0.05) is 23.8 Å². The number of hydrogen-bond donors (Lipinski definition) is 0. The summed E-state index contributed by atoms with van der Waals surface area (Å²) in [6, 6.07) is 7.80. The number of carbonyl (C=O) groups excluding carboxylic acids is 1. The molecule has 24 heavy (non-hydrogen) atoms. The van der Waals surface area contributed by atoms with Crippen LogP contribution in [0.4, 0.5) is 0 Å². The second-order valence-electron chi connectivity index (χ2n) is 9.45. The summed E-state index contributed by atoms with van der Waals surface area (Å²) in [7, 11) is 0. The number of likely N-dealkylation sites (tertiary alicyclic amines) is 1. The molecule has 2 nitrogen and oxygen atoms in total. The third-order valence-corrected chi connectivity index (χ3v) is 7.99. The number of nitrogens with zero attached hydrogens (tertiary/aromatic N) is 1. The molecular weight excluding hydrogens is 294 g/mol. The second-order valence-corrected chi connectivity index (χ2v) is 9.45. The molecule has 126 valence electrons. The van der Waals surface area contributed by atoms with Gasteiger partial charge in [-0.3, -0.25) is 9.69 Å². The van der Waals surface area contributed by atoms with Crippen molar-refractivity contribution in [2.45, 2.75) is 56.9 Å². The van der Waals surface area contributed by atoms with Crippen LogP contribution in [0.25, 0.3) is 0 Å². The van der Waals surface area contributed by atoms with Gasteiger partial charge in [-0.25, -0.2) is 0 Å². The van der Waals surface area contributed by atoms with Crippen molar-refractivity contribution in [1.29, 1.82) is 0 Å². The lowest BCUT2D eigenvalue weighted by Crippen LogP contribution is -2.63. The van der Waals surface area contributed by atoms with Crippen LogP contribution in [0, 0.1) is 30.6 Å². The van der Waals surface area contributed by atoms with Crippen molar-refractivity contribution in [3.05, 3.63) is 34.9 Å². The Bertz CT molecular complexity index is 735. The largest absolute Gasteiger partial charge is 0.299 e. The Hall–Kier alpha value is -1.15. The molecule has 4 aliphatic carbocycles. The highest BCUT2D eigenvalue weighted by Gasteiger charge is 2.66. The minimum absolute atomic E-state index is 0.180. The molecule has 1 heterocycles. The number of ketones is 1. The van der Waals surface area contributed by atoms with Gasteiger partial charge < -0.3 is 0 Å². The summed E-state index contributed by atoms with van der Waals surface area (Å²) in [6.45, 7) is 4.75. The average molecular weight is 321 g/mol. The molecule has 1 aliphatic heterocycles. The van der Waals surface area contributed by atoms with Crippen LogP contribution in [-0.2, 0) is 16.6 Å². The molecule has 0 radical (unpaired) electrons. The molecule has 0 aromatic heterocycles. The Morgan fingerprint density at radius 3 is 3.00 bits per heavy atom. The molecule has 5 atom stereocenters. The zero-order valence-corrected chi connectivity index (χ0v) is 14.6. The maximum atomic E-state index is 12.7. The van der Waals surface area contributed by atoms with Crippen molar-refractivity contribution in [2.24, 2.45) is 23.7 Å². The van der Waals surface area contributed by atoms with Crippen LogP contribution in [0.5, 0.6) is 0 Å². The summed E-state index contributed by atoms with van der Waals surface area (Å²) < 4.78 is 0. The van der Waals surface area contributed by atoms with E-state index in [1.165, 1.54) is 50.8 Å². The van der Waals surface area contributed by atoms with E-state index < -0.39 is 0 Å². The van der Waals surface area contributed by atoms with E-state index in [0.717, 1.165) is 18.3 Å². The van der Waals surface area contributed by atoms with Crippen molar-refractivity contribution in [1.82, 2.24) is 4.90 Å². The average Bonchev–Trinajstić information content (AvgIpc) is 3.44. The van der Waals surface area contributed by atoms with Gasteiger partial charge in [0.05, 0.1) is 0 Å². The van der Waals surface area contributed by atoms with Crippen LogP contribution in [-0.4, -0.2) is 29.8 Å². The molecule has 1 aromatic rings. The molecule has 0 N–H and O–H groups in total. The number of fused-ring (bicyclic) bond motifs is 2. The van der Waals surface area contributed by atoms with E-state index in [2.05, 4.69) is 30.0 Å². The van der Waals surface area contributed by atoms with Crippen LogP contribution >= 0.6 is 0 Å². The topological polar surface area (TPSA) is 20.3 Å². The van der Waals surface area contributed by atoms with Gasteiger partial charge in [-0.05, 0) is 74.5 Å². The number of aryl methyl sites for hydroxylation is 1. The summed E-state index contributed by atoms with van der Waals surface area (Å²) in [5.41, 5.74) is 4.66. The minimum Gasteiger partial charge on any atom is -0.299 e. The highest BCUT2D eigenvalue weighted by Crippen LogP contribution is 2.65. The fourth-order valence-electron chi connectivity index (χ4n) is 6.68. The number of carbonyl (C=O) groups is 1. The summed E-state index contributed by atoms with van der Waals surface area (Å²) in [5.74, 6) is 3.43. The molecule has 2 bridgehead atoms. The fourth-order valence-corrected chi connectivity index (χ4v) is 6.68. The summed E-state index contributed by atoms with van der Waals surface area (Å²) in [5, 5.41) is 0. The molecule has 3 saturated carbocycles. The Morgan fingerprint density at radius 2 is 2.17 bits per heavy atom. The minimum atomic E-state index is 0.180. The van der Waals surface area contributed by atoms with Gasteiger partial charge in [0.1, 0.15) is 5.78 Å². The van der Waals surface area contributed by atoms with Crippen molar-refractivity contribution >= 4 is 5.78 Å². The van der Waals surface area contributed by atoms with Crippen LogP contribution < -0.4 is 0 Å². The third-order valence-electron chi connectivity index (χ3n) is 7.99. The van der Waals surface area contributed by atoms with Crippen LogP contribution in [0.2, 0.25) is 0 Å². The number of rotatable bonds is 2. The van der Waals surface area contributed by atoms with E-state index in [4.69, 9.17) is 0 Å². The molecule has 0 spiro atoms. The zero-order valence-electron chi connectivity index (χ0n) is 14.6. The van der Waals surface area contributed by atoms with Crippen LogP contribution in [0.3, 0.4) is 0 Å². The Labute approximate surface area is 144 Å². The smallest absolute Gasteiger partial charge is 0.137 e. The van der Waals surface area contributed by atoms with Gasteiger partial charge in [0.15, 0.2) is 0 Å². The molecule has 2 heteroatoms. The maximum Gasteiger partial charge on any atom is 0.137 e. The number of benzene rings is 1. The van der Waals surface area contributed by atoms with Gasteiger partial charge in [0, 0.05) is 30.3 Å². The quantitative estimate of drug-likeness (QED) is 0.831. The van der Waals surface area contributed by atoms with Crippen molar-refractivity contribution in [3.63, 3.8) is 0 Å². The maximum absolute atomic E-state index is 12.7. The van der Waals surface area contributed by atoms with Gasteiger partial charge >= 0.3 is 0 Å². The first-order valence-corrected chi connectivity index (χ1v) is 10.0. The molecule has 3 unspecified atom stereocenters. The highest BCUT2D eigenvalue weighted by molar-refractivity contribution is 5.87. The van der Waals surface area contributed by atoms with Crippen LogP contribution in [0.15, 0.2) is 18.2 Å². The van der Waals surface area contributed by atoms with E-state index >= 15 is 0 Å². The van der Waals surface area contributed by atoms with Crippen LogP contribution in [0.1, 0.15) is 48.8 Å². The molecule has 6 rings (SSSR count). The first-order chi connectivity index (χ1) is 11.7. The summed E-state index contributed by atoms with van der Waals surface area (Å²) >= 11 is 0. The van der Waals surface area contributed by atoms with E-state index in [1.54, 1.807) is 11.1 Å². The summed E-state index contributed by atoms with van der Waals surface area (Å²) in [4.78, 5) is 15.6. The first kappa shape index (κ1) is 14.1.